The Bertz CT molecular complexity index is 869. The highest BCUT2D eigenvalue weighted by Crippen LogP contribution is 2.34. The highest BCUT2D eigenvalue weighted by atomic mass is 16.7. The van der Waals surface area contributed by atoms with Gasteiger partial charge >= 0.3 is 5.97 Å². The van der Waals surface area contributed by atoms with E-state index in [1.54, 1.807) is 0 Å². The maximum Gasteiger partial charge on any atom is 0.364 e. The fraction of sp³-hybridized carbons (Fsp3) is 0.917. The van der Waals surface area contributed by atoms with Crippen LogP contribution in [0.4, 0.5) is 0 Å². The van der Waals surface area contributed by atoms with Gasteiger partial charge < -0.3 is 91.0 Å². The first-order chi connectivity index (χ1) is 20.5. The first-order valence-electron chi connectivity index (χ1n) is 13.5. The number of hydrogen-bond acceptors (Lipinski definition) is 18. The van der Waals surface area contributed by atoms with Gasteiger partial charge in [0.2, 0.25) is 5.91 Å². The zero-order valence-corrected chi connectivity index (χ0v) is 23.8. The van der Waals surface area contributed by atoms with E-state index >= 15 is 0 Å². The summed E-state index contributed by atoms with van der Waals surface area (Å²) in [6.45, 7) is -3.53. The fourth-order valence-corrected chi connectivity index (χ4v) is 4.42. The smallest absolute Gasteiger partial charge is 0.364 e. The summed E-state index contributed by atoms with van der Waals surface area (Å²) in [7, 11) is 0. The summed E-state index contributed by atoms with van der Waals surface area (Å²) in [5.74, 6) is -5.27. The van der Waals surface area contributed by atoms with Crippen molar-refractivity contribution in [2.45, 2.75) is 105 Å². The average Bonchev–Trinajstić information content (AvgIpc) is 2.99. The molecule has 20 nitrogen and oxygen atoms in total. The van der Waals surface area contributed by atoms with E-state index in [1.165, 1.54) is 0 Å². The van der Waals surface area contributed by atoms with Gasteiger partial charge in [-0.3, -0.25) is 4.79 Å². The van der Waals surface area contributed by atoms with Crippen LogP contribution in [0.2, 0.25) is 0 Å². The summed E-state index contributed by atoms with van der Waals surface area (Å²) in [4.78, 5) is 23.7. The highest BCUT2D eigenvalue weighted by Gasteiger charge is 2.55. The van der Waals surface area contributed by atoms with Crippen LogP contribution in [0.25, 0.3) is 0 Å². The van der Waals surface area contributed by atoms with E-state index in [4.69, 9.17) is 24.4 Å². The van der Waals surface area contributed by atoms with Crippen LogP contribution < -0.4 is 5.32 Å². The van der Waals surface area contributed by atoms with Crippen LogP contribution >= 0.6 is 0 Å². The van der Waals surface area contributed by atoms with Crippen molar-refractivity contribution in [3.05, 3.63) is 0 Å². The van der Waals surface area contributed by atoms with E-state index in [0.29, 0.717) is 0 Å². The number of carboxylic acid groups (broad SMARTS) is 1. The molecule has 0 bridgehead atoms. The molecule has 1 fully saturated rings. The van der Waals surface area contributed by atoms with E-state index in [9.17, 15) is 70.9 Å². The number of aliphatic hydroxyl groups excluding tert-OH is 13. The molecule has 0 aromatic carbocycles. The lowest BCUT2D eigenvalue weighted by Gasteiger charge is -2.46. The number of amides is 1. The molecule has 1 aliphatic rings. The maximum absolute atomic E-state index is 12.1. The standard InChI is InChI=1S/C24H45NO19/c1-9(29)25-16-11(31)4-24(23(40)41,44-22(16)20(39)13(33)6-27)43-3-2-10(30)17(36)18(37)15(35)8-42-21(14(34)7-28)19(38)12(32)5-26/h10-22,26-28,30-39H,2-8H2,1H3,(H,25,29)(H,40,41)/t10?,11-,12?,13-,14?,15?,16-,17+,18-,19-,20-,21-,22?,24-/m1/s1. The summed E-state index contributed by atoms with van der Waals surface area (Å²) in [6.07, 6.45) is -24.4. The predicted molar refractivity (Wildman–Crippen MR) is 139 cm³/mol. The molecule has 1 heterocycles. The second kappa shape index (κ2) is 18.4. The van der Waals surface area contributed by atoms with E-state index in [0.717, 1.165) is 6.92 Å². The molecule has 44 heavy (non-hydrogen) atoms. The van der Waals surface area contributed by atoms with E-state index in [1.807, 2.05) is 0 Å². The molecule has 260 valence electrons. The Labute approximate surface area is 250 Å². The summed E-state index contributed by atoms with van der Waals surface area (Å²) in [5, 5.41) is 141. The molecule has 0 aromatic heterocycles. The summed E-state index contributed by atoms with van der Waals surface area (Å²) >= 11 is 0. The van der Waals surface area contributed by atoms with Crippen molar-refractivity contribution in [3.8, 4) is 0 Å². The minimum absolute atomic E-state index is 0.630. The van der Waals surface area contributed by atoms with Crippen LogP contribution in [0.15, 0.2) is 0 Å². The van der Waals surface area contributed by atoms with E-state index < -0.39 is 143 Å². The van der Waals surface area contributed by atoms with Gasteiger partial charge in [0.05, 0.1) is 51.3 Å². The summed E-state index contributed by atoms with van der Waals surface area (Å²) in [6, 6.07) is -1.45. The number of rotatable bonds is 20. The van der Waals surface area contributed by atoms with Crippen LogP contribution in [0.1, 0.15) is 19.8 Å². The van der Waals surface area contributed by atoms with Gasteiger partial charge in [-0.15, -0.1) is 0 Å². The van der Waals surface area contributed by atoms with Gasteiger partial charge in [0.1, 0.15) is 61.0 Å². The van der Waals surface area contributed by atoms with Crippen LogP contribution in [-0.2, 0) is 23.8 Å². The topological polar surface area (TPSA) is 357 Å². The Hall–Kier alpha value is -1.70. The molecule has 0 spiro atoms. The predicted octanol–water partition coefficient (Wildman–Crippen LogP) is -8.56. The number of nitrogens with one attached hydrogen (secondary N) is 1. The van der Waals surface area contributed by atoms with Crippen molar-refractivity contribution in [3.63, 3.8) is 0 Å². The number of ether oxygens (including phenoxy) is 3. The van der Waals surface area contributed by atoms with Crippen LogP contribution in [0, 0.1) is 0 Å². The largest absolute Gasteiger partial charge is 0.477 e. The second-order valence-corrected chi connectivity index (χ2v) is 10.4. The minimum atomic E-state index is -2.73. The van der Waals surface area contributed by atoms with Crippen molar-refractivity contribution in [2.75, 3.05) is 33.0 Å². The van der Waals surface area contributed by atoms with Gasteiger partial charge in [-0.2, -0.15) is 0 Å². The third kappa shape index (κ3) is 10.7. The molecule has 0 radical (unpaired) electrons. The SMILES string of the molecule is CC(=O)N[C@H]1C([C@H](O)[C@H](O)CO)O[C@@](OCCC(O)[C@H](O)[C@H](O)C(O)CO[C@H](C(O)CO)[C@H](O)C(O)CO)(C(=O)O)C[C@H]1O. The van der Waals surface area contributed by atoms with Gasteiger partial charge in [-0.25, -0.2) is 4.79 Å². The molecule has 0 saturated carbocycles. The molecule has 1 rings (SSSR count). The normalized spacial score (nSPS) is 29.4. The molecule has 0 aliphatic carbocycles. The Kier molecular flexibility index (Phi) is 16.9. The zero-order valence-electron chi connectivity index (χ0n) is 23.8. The monoisotopic (exact) mass is 651 g/mol. The van der Waals surface area contributed by atoms with Gasteiger partial charge in [0.25, 0.3) is 5.79 Å². The molecule has 20 heteroatoms. The van der Waals surface area contributed by atoms with Crippen LogP contribution in [0.3, 0.4) is 0 Å². The van der Waals surface area contributed by atoms with Crippen LogP contribution in [-0.4, -0.2) is 201 Å². The Morgan fingerprint density at radius 1 is 0.841 bits per heavy atom. The molecule has 0 aromatic rings. The number of hydrogen-bond donors (Lipinski definition) is 15. The van der Waals surface area contributed by atoms with Crippen molar-refractivity contribution < 1.29 is 95.3 Å². The van der Waals surface area contributed by atoms with E-state index in [2.05, 4.69) is 5.32 Å². The molecule has 14 atom stereocenters. The van der Waals surface area contributed by atoms with E-state index in [-0.39, 0.29) is 0 Å². The van der Waals surface area contributed by atoms with Gasteiger partial charge in [-0.05, 0) is 6.42 Å². The number of aliphatic carboxylic acids is 1. The lowest BCUT2D eigenvalue weighted by Crippen LogP contribution is -2.68. The minimum Gasteiger partial charge on any atom is -0.477 e. The van der Waals surface area contributed by atoms with Crippen LogP contribution in [0.5, 0.6) is 0 Å². The number of carbonyl (C=O) groups excluding carboxylic acids is 1. The summed E-state index contributed by atoms with van der Waals surface area (Å²) < 4.78 is 15.7. The average molecular weight is 652 g/mol. The maximum atomic E-state index is 12.1. The molecule has 1 saturated heterocycles. The molecule has 1 amide bonds. The third-order valence-corrected chi connectivity index (χ3v) is 7.02. The zero-order chi connectivity index (χ0) is 33.9. The van der Waals surface area contributed by atoms with Gasteiger partial charge in [0.15, 0.2) is 0 Å². The van der Waals surface area contributed by atoms with Gasteiger partial charge in [0, 0.05) is 13.3 Å². The lowest BCUT2D eigenvalue weighted by atomic mass is 9.88. The Morgan fingerprint density at radius 3 is 1.89 bits per heavy atom. The number of carbonyl (C=O) groups is 2. The highest BCUT2D eigenvalue weighted by molar-refractivity contribution is 5.76. The molecule has 5 unspecified atom stereocenters. The Morgan fingerprint density at radius 2 is 1.39 bits per heavy atom. The van der Waals surface area contributed by atoms with Crippen molar-refractivity contribution in [2.24, 2.45) is 0 Å². The molecule has 1 aliphatic heterocycles. The second-order valence-electron chi connectivity index (χ2n) is 10.4. The van der Waals surface area contributed by atoms with Crippen molar-refractivity contribution in [1.82, 2.24) is 5.32 Å². The lowest BCUT2D eigenvalue weighted by molar-refractivity contribution is -0.312. The first kappa shape index (κ1) is 40.3. The number of carboxylic acids is 1. The van der Waals surface area contributed by atoms with Crippen molar-refractivity contribution in [1.29, 1.82) is 0 Å². The first-order valence-corrected chi connectivity index (χ1v) is 13.5. The molecule has 15 N–H and O–H groups in total. The van der Waals surface area contributed by atoms with Gasteiger partial charge in [-0.1, -0.05) is 0 Å². The fourth-order valence-electron chi connectivity index (χ4n) is 4.42. The Balaban J connectivity index is 2.91. The number of aliphatic hydroxyl groups is 13. The van der Waals surface area contributed by atoms with Crippen molar-refractivity contribution >= 4 is 11.9 Å². The molecular formula is C24H45NO19. The quantitative estimate of drug-likeness (QED) is 0.0581. The summed E-state index contributed by atoms with van der Waals surface area (Å²) in [5.41, 5.74) is 0. The third-order valence-electron chi connectivity index (χ3n) is 7.02. The molecular weight excluding hydrogens is 606 g/mol.